The standard InChI is InChI=1S/C3H5O4P/c1-2-3(7-2)8(4,5)6/h1H3,(H2,4,5,6)/p-2. The van der Waals surface area contributed by atoms with Gasteiger partial charge in [-0.05, 0) is 6.92 Å². The first kappa shape index (κ1) is 5.82. The highest BCUT2D eigenvalue weighted by molar-refractivity contribution is 7.53. The van der Waals surface area contributed by atoms with E-state index in [1.807, 2.05) is 0 Å². The van der Waals surface area contributed by atoms with Crippen molar-refractivity contribution in [1.82, 2.24) is 0 Å². The molecule has 0 fully saturated rings. The summed E-state index contributed by atoms with van der Waals surface area (Å²) in [6.45, 7) is 1.43. The topological polar surface area (TPSA) is 75.7 Å². The fourth-order valence-corrected chi connectivity index (χ4v) is 1.00. The van der Waals surface area contributed by atoms with Crippen molar-refractivity contribution in [3.63, 3.8) is 0 Å². The monoisotopic (exact) mass is 134 g/mol. The molecule has 0 radical (unpaired) electrons. The van der Waals surface area contributed by atoms with Gasteiger partial charge in [-0.25, -0.2) is 0 Å². The van der Waals surface area contributed by atoms with Crippen LogP contribution in [0.5, 0.6) is 0 Å². The Hall–Kier alpha value is -0.310. The summed E-state index contributed by atoms with van der Waals surface area (Å²) in [5.41, 5.74) is -0.391. The predicted octanol–water partition coefficient (Wildman–Crippen LogP) is -0.881. The zero-order chi connectivity index (χ0) is 6.36. The fourth-order valence-electron chi connectivity index (χ4n) is 0.368. The molecule has 8 heavy (non-hydrogen) atoms. The minimum Gasteiger partial charge on any atom is -0.805 e. The van der Waals surface area contributed by atoms with Gasteiger partial charge < -0.3 is 19.1 Å². The quantitative estimate of drug-likeness (QED) is 0.436. The van der Waals surface area contributed by atoms with E-state index in [2.05, 4.69) is 4.74 Å². The number of hydrogen-bond acceptors (Lipinski definition) is 4. The summed E-state index contributed by atoms with van der Waals surface area (Å²) in [7, 11) is -4.53. The summed E-state index contributed by atoms with van der Waals surface area (Å²) >= 11 is 0. The average molecular weight is 134 g/mol. The molecule has 0 spiro atoms. The van der Waals surface area contributed by atoms with Crippen LogP contribution >= 0.6 is 7.60 Å². The second kappa shape index (κ2) is 1.35. The van der Waals surface area contributed by atoms with Gasteiger partial charge in [0, 0.05) is 7.60 Å². The molecule has 1 aliphatic heterocycles. The minimum absolute atomic E-state index is 0.221. The maximum atomic E-state index is 9.89. The largest absolute Gasteiger partial charge is 0.805 e. The van der Waals surface area contributed by atoms with Crippen molar-refractivity contribution in [3.05, 3.63) is 11.3 Å². The molecule has 0 saturated carbocycles. The molecule has 1 heterocycles. The van der Waals surface area contributed by atoms with E-state index in [0.717, 1.165) is 0 Å². The van der Waals surface area contributed by atoms with Crippen LogP contribution in [0.4, 0.5) is 0 Å². The lowest BCUT2D eigenvalue weighted by Crippen LogP contribution is -2.12. The molecule has 0 aromatic carbocycles. The van der Waals surface area contributed by atoms with E-state index >= 15 is 0 Å². The van der Waals surface area contributed by atoms with Crippen molar-refractivity contribution >= 4 is 7.60 Å². The smallest absolute Gasteiger partial charge is 0.171 e. The van der Waals surface area contributed by atoms with Gasteiger partial charge in [0.15, 0.2) is 5.50 Å². The van der Waals surface area contributed by atoms with E-state index in [1.165, 1.54) is 6.92 Å². The lowest BCUT2D eigenvalue weighted by molar-refractivity contribution is -0.311. The molecule has 0 amide bonds. The van der Waals surface area contributed by atoms with Crippen molar-refractivity contribution in [2.24, 2.45) is 0 Å². The van der Waals surface area contributed by atoms with Crippen LogP contribution < -0.4 is 9.79 Å². The minimum atomic E-state index is -4.53. The van der Waals surface area contributed by atoms with Crippen LogP contribution in [0.2, 0.25) is 0 Å². The molecule has 0 bridgehead atoms. The SMILES string of the molecule is CC1=C(P(=O)([O-])[O-])O1. The van der Waals surface area contributed by atoms with Gasteiger partial charge in [0.2, 0.25) is 0 Å². The van der Waals surface area contributed by atoms with Crippen LogP contribution in [-0.4, -0.2) is 0 Å². The van der Waals surface area contributed by atoms with Crippen molar-refractivity contribution in [2.75, 3.05) is 0 Å². The molecule has 4 nitrogen and oxygen atoms in total. The first-order chi connectivity index (χ1) is 3.52. The normalized spacial score (nSPS) is 18.4. The number of allylic oxidation sites excluding steroid dienone is 1. The Balaban J connectivity index is 2.79. The van der Waals surface area contributed by atoms with E-state index in [4.69, 9.17) is 0 Å². The Kier molecular flexibility index (Phi) is 0.979. The Morgan fingerprint density at radius 2 is 2.00 bits per heavy atom. The maximum absolute atomic E-state index is 9.89. The first-order valence-electron chi connectivity index (χ1n) is 1.93. The van der Waals surface area contributed by atoms with Gasteiger partial charge in [0.05, 0.1) is 0 Å². The second-order valence-electron chi connectivity index (χ2n) is 1.46. The summed E-state index contributed by atoms with van der Waals surface area (Å²) in [4.78, 5) is 19.8. The molecule has 0 atom stereocenters. The summed E-state index contributed by atoms with van der Waals surface area (Å²) in [6, 6.07) is 0. The van der Waals surface area contributed by atoms with Crippen LogP contribution in [-0.2, 0) is 9.30 Å². The summed E-state index contributed by atoms with van der Waals surface area (Å²) in [5.74, 6) is 0.221. The molecular weight excluding hydrogens is 131 g/mol. The van der Waals surface area contributed by atoms with Gasteiger partial charge in [-0.2, -0.15) is 0 Å². The number of rotatable bonds is 1. The van der Waals surface area contributed by atoms with Gasteiger partial charge in [0.25, 0.3) is 0 Å². The zero-order valence-corrected chi connectivity index (χ0v) is 4.97. The third kappa shape index (κ3) is 0.916. The zero-order valence-electron chi connectivity index (χ0n) is 4.08. The molecule has 5 heteroatoms. The van der Waals surface area contributed by atoms with E-state index in [0.29, 0.717) is 0 Å². The molecule has 0 saturated heterocycles. The van der Waals surface area contributed by atoms with Crippen LogP contribution in [0.15, 0.2) is 11.3 Å². The predicted molar refractivity (Wildman–Crippen MR) is 21.4 cm³/mol. The Labute approximate surface area is 45.9 Å². The highest BCUT2D eigenvalue weighted by atomic mass is 31.2. The fraction of sp³-hybridized carbons (Fsp3) is 0.333. The van der Waals surface area contributed by atoms with E-state index in [1.54, 1.807) is 0 Å². The van der Waals surface area contributed by atoms with Crippen molar-refractivity contribution in [2.45, 2.75) is 6.92 Å². The van der Waals surface area contributed by atoms with Gasteiger partial charge in [-0.15, -0.1) is 0 Å². The van der Waals surface area contributed by atoms with Gasteiger partial charge in [-0.1, -0.05) is 0 Å². The lowest BCUT2D eigenvalue weighted by Gasteiger charge is -2.22. The van der Waals surface area contributed by atoms with E-state index in [-0.39, 0.29) is 5.76 Å². The summed E-state index contributed by atoms with van der Waals surface area (Å²) in [5, 5.41) is 0. The Bertz CT molecular complexity index is 187. The maximum Gasteiger partial charge on any atom is 0.171 e. The highest BCUT2D eigenvalue weighted by Gasteiger charge is 2.22. The highest BCUT2D eigenvalue weighted by Crippen LogP contribution is 2.48. The molecule has 46 valence electrons. The van der Waals surface area contributed by atoms with Crippen molar-refractivity contribution in [1.29, 1.82) is 0 Å². The number of ether oxygens (including phenoxy) is 1. The lowest BCUT2D eigenvalue weighted by atomic mass is 10.8. The summed E-state index contributed by atoms with van der Waals surface area (Å²) in [6.07, 6.45) is 0. The van der Waals surface area contributed by atoms with E-state index in [9.17, 15) is 14.4 Å². The van der Waals surface area contributed by atoms with Gasteiger partial charge in [0.1, 0.15) is 5.76 Å². The van der Waals surface area contributed by atoms with Gasteiger partial charge in [-0.3, -0.25) is 0 Å². The molecule has 1 aliphatic rings. The molecule has 0 unspecified atom stereocenters. The third-order valence-corrected chi connectivity index (χ3v) is 1.66. The molecule has 0 aromatic rings. The molecule has 1 rings (SSSR count). The van der Waals surface area contributed by atoms with E-state index < -0.39 is 13.1 Å². The van der Waals surface area contributed by atoms with Gasteiger partial charge >= 0.3 is 0 Å². The second-order valence-corrected chi connectivity index (χ2v) is 2.86. The Morgan fingerprint density at radius 1 is 1.62 bits per heavy atom. The average Bonchev–Trinajstić information content (AvgIpc) is 2.13. The van der Waals surface area contributed by atoms with Crippen molar-refractivity contribution in [3.8, 4) is 0 Å². The van der Waals surface area contributed by atoms with Crippen LogP contribution in [0.25, 0.3) is 0 Å². The molecule has 0 aliphatic carbocycles. The first-order valence-corrected chi connectivity index (χ1v) is 3.47. The molecular formula is C3H3O4P-2. The number of hydrogen-bond donors (Lipinski definition) is 0. The molecule has 0 aromatic heterocycles. The van der Waals surface area contributed by atoms with Crippen LogP contribution in [0.3, 0.4) is 0 Å². The molecule has 0 N–H and O–H groups in total. The third-order valence-electron chi connectivity index (χ3n) is 0.758. The van der Waals surface area contributed by atoms with Crippen LogP contribution in [0.1, 0.15) is 6.92 Å². The van der Waals surface area contributed by atoms with Crippen molar-refractivity contribution < 1.29 is 19.1 Å². The summed E-state index contributed by atoms with van der Waals surface area (Å²) < 4.78 is 14.1. The van der Waals surface area contributed by atoms with Crippen LogP contribution in [0, 0.1) is 0 Å². The Morgan fingerprint density at radius 3 is 2.00 bits per heavy atom.